The van der Waals surface area contributed by atoms with E-state index in [-0.39, 0.29) is 0 Å². The van der Waals surface area contributed by atoms with Crippen molar-refractivity contribution in [1.29, 1.82) is 0 Å². The number of benzene rings is 1. The van der Waals surface area contributed by atoms with Gasteiger partial charge in [-0.1, -0.05) is 54.1 Å². The molecule has 1 heterocycles. The zero-order valence-corrected chi connectivity index (χ0v) is 9.30. The molecule has 1 heteroatoms. The van der Waals surface area contributed by atoms with Crippen LogP contribution in [0.25, 0.3) is 0 Å². The van der Waals surface area contributed by atoms with Crippen LogP contribution in [-0.2, 0) is 11.2 Å². The minimum Gasteiger partial charge on any atom is -0.369 e. The van der Waals surface area contributed by atoms with Crippen molar-refractivity contribution in [2.75, 3.05) is 6.61 Å². The highest BCUT2D eigenvalue weighted by atomic mass is 16.6. The lowest BCUT2D eigenvalue weighted by Crippen LogP contribution is -2.12. The van der Waals surface area contributed by atoms with Gasteiger partial charge in [-0.05, 0) is 18.4 Å². The highest BCUT2D eigenvalue weighted by Crippen LogP contribution is 2.31. The van der Waals surface area contributed by atoms with Crippen LogP contribution in [0.2, 0.25) is 0 Å². The van der Waals surface area contributed by atoms with E-state index >= 15 is 0 Å². The van der Waals surface area contributed by atoms with E-state index in [1.54, 1.807) is 5.57 Å². The van der Waals surface area contributed by atoms with Crippen molar-refractivity contribution in [3.8, 4) is 0 Å². The zero-order chi connectivity index (χ0) is 10.8. The Morgan fingerprint density at radius 3 is 2.62 bits per heavy atom. The molecule has 0 aromatic heterocycles. The van der Waals surface area contributed by atoms with Crippen LogP contribution in [0.3, 0.4) is 0 Å². The Morgan fingerprint density at radius 2 is 2.00 bits per heavy atom. The van der Waals surface area contributed by atoms with Crippen LogP contribution in [0, 0.1) is 5.92 Å². The molecule has 1 aromatic carbocycles. The summed E-state index contributed by atoms with van der Waals surface area (Å²) >= 11 is 0. The third-order valence-corrected chi connectivity index (χ3v) is 3.28. The number of allylic oxidation sites excluding steroid dienone is 3. The number of epoxide rings is 1. The van der Waals surface area contributed by atoms with Crippen LogP contribution < -0.4 is 0 Å². The molecule has 1 aliphatic heterocycles. The number of rotatable bonds is 4. The minimum absolute atomic E-state index is 0.415. The van der Waals surface area contributed by atoms with Crippen LogP contribution in [0.15, 0.2) is 54.1 Å². The zero-order valence-electron chi connectivity index (χ0n) is 9.30. The molecule has 1 aliphatic carbocycles. The maximum atomic E-state index is 5.17. The Bertz CT molecular complexity index is 412. The quantitative estimate of drug-likeness (QED) is 0.552. The molecule has 0 bridgehead atoms. The highest BCUT2D eigenvalue weighted by Gasteiger charge is 2.22. The Labute approximate surface area is 96.4 Å². The molecule has 0 saturated carbocycles. The summed E-state index contributed by atoms with van der Waals surface area (Å²) in [7, 11) is 0. The summed E-state index contributed by atoms with van der Waals surface area (Å²) in [6.07, 6.45) is 9.60. The second-order valence-corrected chi connectivity index (χ2v) is 4.54. The average molecular weight is 212 g/mol. The van der Waals surface area contributed by atoms with Gasteiger partial charge >= 0.3 is 0 Å². The number of hydrogen-bond acceptors (Lipinski definition) is 1. The van der Waals surface area contributed by atoms with Crippen molar-refractivity contribution in [1.82, 2.24) is 0 Å². The van der Waals surface area contributed by atoms with Crippen molar-refractivity contribution < 1.29 is 4.74 Å². The molecule has 1 aromatic rings. The van der Waals surface area contributed by atoms with E-state index in [1.165, 1.54) is 12.0 Å². The molecule has 82 valence electrons. The minimum atomic E-state index is 0.415. The Hall–Kier alpha value is -1.34. The molecule has 0 spiro atoms. The summed E-state index contributed by atoms with van der Waals surface area (Å²) in [5.41, 5.74) is 2.97. The van der Waals surface area contributed by atoms with E-state index in [4.69, 9.17) is 4.74 Å². The van der Waals surface area contributed by atoms with Crippen molar-refractivity contribution >= 4 is 0 Å². The van der Waals surface area contributed by atoms with E-state index in [2.05, 4.69) is 48.6 Å². The fraction of sp³-hybridized carbons (Fsp3) is 0.333. The van der Waals surface area contributed by atoms with E-state index in [0.717, 1.165) is 13.0 Å². The molecule has 0 amide bonds. The first-order valence-electron chi connectivity index (χ1n) is 5.94. The van der Waals surface area contributed by atoms with Gasteiger partial charge < -0.3 is 4.74 Å². The topological polar surface area (TPSA) is 12.5 Å². The van der Waals surface area contributed by atoms with Crippen LogP contribution in [0.4, 0.5) is 0 Å². The maximum absolute atomic E-state index is 5.17. The second kappa shape index (κ2) is 4.26. The number of hydrogen-bond donors (Lipinski definition) is 0. The summed E-state index contributed by atoms with van der Waals surface area (Å²) in [6.45, 7) is 0.918. The van der Waals surface area contributed by atoms with Gasteiger partial charge in [0, 0.05) is 5.92 Å². The summed E-state index contributed by atoms with van der Waals surface area (Å²) in [5.74, 6) is 0.657. The maximum Gasteiger partial charge on any atom is 0.0991 e. The lowest BCUT2D eigenvalue weighted by molar-refractivity contribution is 0.439. The van der Waals surface area contributed by atoms with E-state index in [1.807, 2.05) is 0 Å². The predicted molar refractivity (Wildman–Crippen MR) is 65.2 cm³/mol. The standard InChI is InChI=1S/C15H16O/c1-2-4-12(5-3-1)10-14-7-6-13(14)8-9-15-11-16-15/h1-5,7-9,13,15H,6,10-11H2. The summed E-state index contributed by atoms with van der Waals surface area (Å²) in [4.78, 5) is 0. The third kappa shape index (κ3) is 2.25. The van der Waals surface area contributed by atoms with Crippen LogP contribution in [-0.4, -0.2) is 12.7 Å². The van der Waals surface area contributed by atoms with Crippen molar-refractivity contribution in [3.05, 3.63) is 59.7 Å². The normalized spacial score (nSPS) is 27.6. The summed E-state index contributed by atoms with van der Waals surface area (Å²) < 4.78 is 5.17. The Kier molecular flexibility index (Phi) is 2.63. The average Bonchev–Trinajstić information content (AvgIpc) is 3.10. The first-order chi connectivity index (χ1) is 7.92. The number of ether oxygens (including phenoxy) is 1. The van der Waals surface area contributed by atoms with E-state index < -0.39 is 0 Å². The van der Waals surface area contributed by atoms with Gasteiger partial charge in [0.1, 0.15) is 0 Å². The highest BCUT2D eigenvalue weighted by molar-refractivity contribution is 5.31. The van der Waals surface area contributed by atoms with Crippen LogP contribution >= 0.6 is 0 Å². The largest absolute Gasteiger partial charge is 0.369 e. The molecule has 2 unspecified atom stereocenters. The van der Waals surface area contributed by atoms with Crippen molar-refractivity contribution in [2.45, 2.75) is 18.9 Å². The van der Waals surface area contributed by atoms with Crippen molar-refractivity contribution in [3.63, 3.8) is 0 Å². The fourth-order valence-electron chi connectivity index (χ4n) is 2.08. The summed E-state index contributed by atoms with van der Waals surface area (Å²) in [5, 5.41) is 0. The second-order valence-electron chi connectivity index (χ2n) is 4.54. The third-order valence-electron chi connectivity index (χ3n) is 3.28. The van der Waals surface area contributed by atoms with Gasteiger partial charge in [-0.15, -0.1) is 0 Å². The van der Waals surface area contributed by atoms with E-state index in [9.17, 15) is 0 Å². The molecule has 2 atom stereocenters. The van der Waals surface area contributed by atoms with Gasteiger partial charge in [-0.25, -0.2) is 0 Å². The molecule has 1 saturated heterocycles. The smallest absolute Gasteiger partial charge is 0.0991 e. The van der Waals surface area contributed by atoms with Crippen LogP contribution in [0.5, 0.6) is 0 Å². The molecular formula is C15H16O. The molecule has 0 radical (unpaired) electrons. The van der Waals surface area contributed by atoms with Crippen LogP contribution in [0.1, 0.15) is 12.0 Å². The van der Waals surface area contributed by atoms with Gasteiger partial charge in [-0.3, -0.25) is 0 Å². The molecule has 3 rings (SSSR count). The SMILES string of the molecule is C(=CC1CC=C1Cc1ccccc1)C1CO1. The predicted octanol–water partition coefficient (Wildman–Crippen LogP) is 3.13. The first kappa shape index (κ1) is 9.86. The van der Waals surface area contributed by atoms with Gasteiger partial charge in [0.25, 0.3) is 0 Å². The summed E-state index contributed by atoms with van der Waals surface area (Å²) in [6, 6.07) is 10.7. The van der Waals surface area contributed by atoms with Crippen molar-refractivity contribution in [2.24, 2.45) is 5.92 Å². The Morgan fingerprint density at radius 1 is 1.19 bits per heavy atom. The molecular weight excluding hydrogens is 196 g/mol. The van der Waals surface area contributed by atoms with Gasteiger partial charge in [0.2, 0.25) is 0 Å². The van der Waals surface area contributed by atoms with Gasteiger partial charge in [0.05, 0.1) is 12.7 Å². The van der Waals surface area contributed by atoms with E-state index in [0.29, 0.717) is 12.0 Å². The Balaban J connectivity index is 1.59. The first-order valence-corrected chi connectivity index (χ1v) is 5.94. The monoisotopic (exact) mass is 212 g/mol. The lowest BCUT2D eigenvalue weighted by atomic mass is 9.81. The van der Waals surface area contributed by atoms with Gasteiger partial charge in [0.15, 0.2) is 0 Å². The fourth-order valence-corrected chi connectivity index (χ4v) is 2.08. The molecule has 1 fully saturated rings. The van der Waals surface area contributed by atoms with Gasteiger partial charge in [-0.2, -0.15) is 0 Å². The molecule has 16 heavy (non-hydrogen) atoms. The lowest BCUT2D eigenvalue weighted by Gasteiger charge is -2.24. The molecule has 1 nitrogen and oxygen atoms in total. The molecule has 0 N–H and O–H groups in total. The molecule has 2 aliphatic rings.